The van der Waals surface area contributed by atoms with Gasteiger partial charge in [-0.2, -0.15) is 0 Å². The molecule has 3 heterocycles. The molecule has 0 atom stereocenters. The predicted molar refractivity (Wildman–Crippen MR) is 192 cm³/mol. The molecule has 4 nitrogen and oxygen atoms in total. The first-order chi connectivity index (χ1) is 23.1. The highest BCUT2D eigenvalue weighted by atomic mass is 16.3. The standard InChI is InChI=1S/C43H29N3O/c1-43(2)34-20-9-6-15-27(34)32-24-39-33(23-35(32)43)28-16-7-10-21-38(28)46(39)42-44-36(26-13-4-3-5-14-26)25-37(45-42)31-19-12-18-30-29-17-8-11-22-40(29)47-41(30)31/h3-25H,1-2H3. The van der Waals surface area contributed by atoms with E-state index >= 15 is 0 Å². The van der Waals surface area contributed by atoms with Crippen molar-refractivity contribution in [1.82, 2.24) is 14.5 Å². The van der Waals surface area contributed by atoms with Crippen molar-refractivity contribution in [2.45, 2.75) is 19.3 Å². The van der Waals surface area contributed by atoms with E-state index in [1.165, 1.54) is 33.0 Å². The molecule has 1 aliphatic carbocycles. The lowest BCUT2D eigenvalue weighted by atomic mass is 9.82. The SMILES string of the molecule is CC1(C)c2ccccc2-c2cc3c(cc21)c1ccccc1n3-c1nc(-c2ccccc2)cc(-c2cccc3c2oc2ccccc23)n1. The minimum Gasteiger partial charge on any atom is -0.455 e. The first-order valence-corrected chi connectivity index (χ1v) is 16.1. The van der Waals surface area contributed by atoms with Crippen LogP contribution in [0.4, 0.5) is 0 Å². The molecule has 0 fully saturated rings. The Kier molecular flexibility index (Phi) is 5.31. The number of aromatic nitrogens is 3. The summed E-state index contributed by atoms with van der Waals surface area (Å²) < 4.78 is 8.73. The Morgan fingerprint density at radius 2 is 1.21 bits per heavy atom. The lowest BCUT2D eigenvalue weighted by Crippen LogP contribution is -2.14. The predicted octanol–water partition coefficient (Wildman–Crippen LogP) is 11.1. The third kappa shape index (κ3) is 3.70. The summed E-state index contributed by atoms with van der Waals surface area (Å²) in [5, 5.41) is 4.57. The van der Waals surface area contributed by atoms with E-state index in [-0.39, 0.29) is 5.41 Å². The molecule has 1 aliphatic rings. The highest BCUT2D eigenvalue weighted by molar-refractivity contribution is 6.12. The fourth-order valence-corrected chi connectivity index (χ4v) is 7.76. The summed E-state index contributed by atoms with van der Waals surface area (Å²) in [6, 6.07) is 49.1. The van der Waals surface area contributed by atoms with E-state index in [4.69, 9.17) is 14.4 Å². The fraction of sp³-hybridized carbons (Fsp3) is 0.0698. The third-order valence-electron chi connectivity index (χ3n) is 10.0. The van der Waals surface area contributed by atoms with Gasteiger partial charge in [0.1, 0.15) is 11.2 Å². The lowest BCUT2D eigenvalue weighted by molar-refractivity contribution is 0.661. The van der Waals surface area contributed by atoms with E-state index in [0.29, 0.717) is 5.95 Å². The van der Waals surface area contributed by atoms with Gasteiger partial charge in [-0.15, -0.1) is 0 Å². The van der Waals surface area contributed by atoms with Gasteiger partial charge in [-0.25, -0.2) is 9.97 Å². The van der Waals surface area contributed by atoms with Crippen LogP contribution < -0.4 is 0 Å². The van der Waals surface area contributed by atoms with Crippen molar-refractivity contribution in [1.29, 1.82) is 0 Å². The van der Waals surface area contributed by atoms with Gasteiger partial charge in [-0.05, 0) is 58.7 Å². The van der Waals surface area contributed by atoms with Gasteiger partial charge in [0.25, 0.3) is 0 Å². The van der Waals surface area contributed by atoms with Gasteiger partial charge in [0.15, 0.2) is 0 Å². The number of furan rings is 1. The van der Waals surface area contributed by atoms with E-state index in [9.17, 15) is 0 Å². The van der Waals surface area contributed by atoms with Crippen LogP contribution in [0.3, 0.4) is 0 Å². The smallest absolute Gasteiger partial charge is 0.235 e. The van der Waals surface area contributed by atoms with Crippen LogP contribution in [0.25, 0.3) is 83.3 Å². The van der Waals surface area contributed by atoms with Crippen LogP contribution in [0.1, 0.15) is 25.0 Å². The second kappa shape index (κ2) is 9.51. The van der Waals surface area contributed by atoms with Gasteiger partial charge >= 0.3 is 0 Å². The molecule has 0 radical (unpaired) electrons. The molecular weight excluding hydrogens is 574 g/mol. The van der Waals surface area contributed by atoms with Crippen molar-refractivity contribution < 1.29 is 4.42 Å². The molecule has 0 saturated carbocycles. The van der Waals surface area contributed by atoms with Crippen molar-refractivity contribution in [2.75, 3.05) is 0 Å². The van der Waals surface area contributed by atoms with Gasteiger partial charge < -0.3 is 4.42 Å². The molecular formula is C43H29N3O. The maximum atomic E-state index is 6.49. The van der Waals surface area contributed by atoms with Crippen molar-refractivity contribution >= 4 is 43.7 Å². The van der Waals surface area contributed by atoms with Crippen LogP contribution in [-0.4, -0.2) is 14.5 Å². The highest BCUT2D eigenvalue weighted by Crippen LogP contribution is 2.51. The number of fused-ring (bicyclic) bond motifs is 9. The number of nitrogens with zero attached hydrogens (tertiary/aromatic N) is 3. The number of hydrogen-bond donors (Lipinski definition) is 0. The van der Waals surface area contributed by atoms with Gasteiger partial charge in [-0.3, -0.25) is 4.57 Å². The van der Waals surface area contributed by atoms with Crippen LogP contribution in [0.2, 0.25) is 0 Å². The van der Waals surface area contributed by atoms with Gasteiger partial charge in [0, 0.05) is 38.1 Å². The average molecular weight is 604 g/mol. The molecule has 6 aromatic carbocycles. The number of rotatable bonds is 3. The first-order valence-electron chi connectivity index (χ1n) is 16.1. The highest BCUT2D eigenvalue weighted by Gasteiger charge is 2.36. The minimum atomic E-state index is -0.0918. The third-order valence-corrected chi connectivity index (χ3v) is 10.0. The molecule has 0 aliphatic heterocycles. The maximum Gasteiger partial charge on any atom is 0.235 e. The number of para-hydroxylation sites is 3. The van der Waals surface area contributed by atoms with E-state index in [2.05, 4.69) is 140 Å². The zero-order valence-corrected chi connectivity index (χ0v) is 26.0. The van der Waals surface area contributed by atoms with Crippen LogP contribution in [0, 0.1) is 0 Å². The first kappa shape index (κ1) is 26.2. The van der Waals surface area contributed by atoms with Crippen molar-refractivity contribution in [3.63, 3.8) is 0 Å². The quantitative estimate of drug-likeness (QED) is 0.202. The molecule has 0 amide bonds. The molecule has 0 bridgehead atoms. The number of hydrogen-bond acceptors (Lipinski definition) is 3. The Hall–Kier alpha value is -6.00. The zero-order chi connectivity index (χ0) is 31.3. The van der Waals surface area contributed by atoms with Crippen LogP contribution >= 0.6 is 0 Å². The lowest BCUT2D eigenvalue weighted by Gasteiger charge is -2.21. The Bertz CT molecular complexity index is 2710. The number of benzene rings is 6. The van der Waals surface area contributed by atoms with Gasteiger partial charge in [0.2, 0.25) is 5.95 Å². The molecule has 0 saturated heterocycles. The van der Waals surface area contributed by atoms with Gasteiger partial charge in [0.05, 0.1) is 22.4 Å². The minimum absolute atomic E-state index is 0.0918. The van der Waals surface area contributed by atoms with Crippen molar-refractivity contribution in [2.24, 2.45) is 0 Å². The van der Waals surface area contributed by atoms with Crippen molar-refractivity contribution in [3.8, 4) is 39.6 Å². The van der Waals surface area contributed by atoms with E-state index in [0.717, 1.165) is 55.5 Å². The van der Waals surface area contributed by atoms with Gasteiger partial charge in [-0.1, -0.05) is 117 Å². The van der Waals surface area contributed by atoms with E-state index < -0.39 is 0 Å². The largest absolute Gasteiger partial charge is 0.455 e. The normalized spacial score (nSPS) is 13.5. The molecule has 4 heteroatoms. The second-order valence-corrected chi connectivity index (χ2v) is 13.0. The summed E-state index contributed by atoms with van der Waals surface area (Å²) in [6.07, 6.45) is 0. The van der Waals surface area contributed by atoms with Crippen LogP contribution in [0.5, 0.6) is 0 Å². The summed E-state index contributed by atoms with van der Waals surface area (Å²) in [7, 11) is 0. The second-order valence-electron chi connectivity index (χ2n) is 13.0. The summed E-state index contributed by atoms with van der Waals surface area (Å²) in [5.74, 6) is 0.631. The average Bonchev–Trinajstić information content (AvgIpc) is 3.73. The Morgan fingerprint density at radius 1 is 0.511 bits per heavy atom. The molecule has 0 unspecified atom stereocenters. The van der Waals surface area contributed by atoms with Crippen molar-refractivity contribution in [3.05, 3.63) is 151 Å². The Morgan fingerprint density at radius 3 is 2.11 bits per heavy atom. The maximum absolute atomic E-state index is 6.49. The van der Waals surface area contributed by atoms with Crippen LogP contribution in [-0.2, 0) is 5.41 Å². The van der Waals surface area contributed by atoms with E-state index in [1.54, 1.807) is 0 Å². The summed E-state index contributed by atoms with van der Waals surface area (Å²) in [6.45, 7) is 4.67. The molecule has 3 aromatic heterocycles. The van der Waals surface area contributed by atoms with Crippen LogP contribution in [0.15, 0.2) is 144 Å². The Labute approximate surface area is 271 Å². The zero-order valence-electron chi connectivity index (χ0n) is 26.0. The Balaban J connectivity index is 1.30. The summed E-state index contributed by atoms with van der Waals surface area (Å²) in [4.78, 5) is 10.6. The molecule has 0 N–H and O–H groups in total. The molecule has 9 aromatic rings. The monoisotopic (exact) mass is 603 g/mol. The summed E-state index contributed by atoms with van der Waals surface area (Å²) in [5.41, 5.74) is 12.7. The molecule has 47 heavy (non-hydrogen) atoms. The molecule has 10 rings (SSSR count). The van der Waals surface area contributed by atoms with E-state index in [1.807, 2.05) is 18.2 Å². The summed E-state index contributed by atoms with van der Waals surface area (Å²) >= 11 is 0. The molecule has 222 valence electrons. The topological polar surface area (TPSA) is 43.9 Å². The molecule has 0 spiro atoms. The fourth-order valence-electron chi connectivity index (χ4n) is 7.76.